The number of hydrogen-bond acceptors (Lipinski definition) is 8. The van der Waals surface area contributed by atoms with E-state index in [1.165, 1.54) is 0 Å². The number of thiol groups is 1. The fourth-order valence-electron chi connectivity index (χ4n) is 1.75. The summed E-state index contributed by atoms with van der Waals surface area (Å²) >= 11 is 3.86. The molecule has 0 radical (unpaired) electrons. The third-order valence-electron chi connectivity index (χ3n) is 3.02. The second-order valence-corrected chi connectivity index (χ2v) is 5.53. The molecule has 0 bridgehead atoms. The van der Waals surface area contributed by atoms with Crippen LogP contribution in [-0.2, 0) is 28.8 Å². The molecule has 0 fully saturated rings. The Morgan fingerprint density at radius 1 is 0.778 bits per heavy atom. The average Bonchev–Trinajstić information content (AvgIpc) is 2.56. The Morgan fingerprint density at radius 2 is 1.22 bits per heavy atom. The highest BCUT2D eigenvalue weighted by Gasteiger charge is 2.31. The highest BCUT2D eigenvalue weighted by Crippen LogP contribution is 2.00. The highest BCUT2D eigenvalue weighted by molar-refractivity contribution is 7.80. The minimum atomic E-state index is -1.83. The zero-order chi connectivity index (χ0) is 21.1. The van der Waals surface area contributed by atoms with Crippen molar-refractivity contribution >= 4 is 48.3 Å². The lowest BCUT2D eigenvalue weighted by Crippen LogP contribution is -2.57. The second-order valence-electron chi connectivity index (χ2n) is 5.16. The van der Waals surface area contributed by atoms with Crippen LogP contribution in [0.5, 0.6) is 0 Å². The summed E-state index contributed by atoms with van der Waals surface area (Å²) in [6, 6.07) is -4.79. The summed E-state index contributed by atoms with van der Waals surface area (Å²) in [6.45, 7) is -0.425. The van der Waals surface area contributed by atoms with Gasteiger partial charge in [0.1, 0.15) is 18.1 Å². The average molecular weight is 408 g/mol. The van der Waals surface area contributed by atoms with Gasteiger partial charge in [0, 0.05) is 5.75 Å². The molecule has 152 valence electrons. The van der Waals surface area contributed by atoms with Crippen LogP contribution in [0.25, 0.3) is 0 Å². The van der Waals surface area contributed by atoms with Gasteiger partial charge >= 0.3 is 17.9 Å². The number of carbonyl (C=O) groups excluding carboxylic acids is 3. The first kappa shape index (κ1) is 24.1. The number of amides is 3. The van der Waals surface area contributed by atoms with Crippen molar-refractivity contribution in [3.63, 3.8) is 0 Å². The molecule has 0 saturated heterocycles. The van der Waals surface area contributed by atoms with Crippen LogP contribution in [0.15, 0.2) is 0 Å². The number of nitrogens with one attached hydrogen (secondary N) is 3. The van der Waals surface area contributed by atoms with Crippen LogP contribution in [-0.4, -0.2) is 81.4 Å². The van der Waals surface area contributed by atoms with Crippen LogP contribution in [0.1, 0.15) is 12.8 Å². The number of nitrogens with two attached hydrogens (primary N) is 1. The van der Waals surface area contributed by atoms with E-state index < -0.39 is 73.1 Å². The zero-order valence-electron chi connectivity index (χ0n) is 13.9. The van der Waals surface area contributed by atoms with Crippen molar-refractivity contribution in [1.29, 1.82) is 0 Å². The van der Waals surface area contributed by atoms with Gasteiger partial charge in [0.25, 0.3) is 0 Å². The van der Waals surface area contributed by atoms with E-state index in [1.807, 2.05) is 10.6 Å². The standard InChI is InChI=1S/C13H20N4O9S/c14-3-8(18)15-7(4-27)12(24)16-5(1-9(19)20)11(23)17-6(13(25)26)2-10(21)22/h5-7,27H,1-4,14H2,(H,15,18)(H,16,24)(H,17,23)(H,19,20)(H,21,22)(H,25,26). The van der Waals surface area contributed by atoms with Crippen molar-refractivity contribution in [1.82, 2.24) is 16.0 Å². The molecule has 8 N–H and O–H groups in total. The number of carbonyl (C=O) groups is 6. The number of rotatable bonds is 12. The van der Waals surface area contributed by atoms with Gasteiger partial charge in [0.05, 0.1) is 19.4 Å². The summed E-state index contributed by atoms with van der Waals surface area (Å²) in [5, 5.41) is 32.5. The topological polar surface area (TPSA) is 225 Å². The van der Waals surface area contributed by atoms with Gasteiger partial charge < -0.3 is 37.0 Å². The molecule has 0 heterocycles. The van der Waals surface area contributed by atoms with Crippen molar-refractivity contribution < 1.29 is 44.1 Å². The van der Waals surface area contributed by atoms with Gasteiger partial charge in [-0.2, -0.15) is 12.6 Å². The molecule has 27 heavy (non-hydrogen) atoms. The Balaban J connectivity index is 5.23. The minimum Gasteiger partial charge on any atom is -0.481 e. The molecule has 0 spiro atoms. The molecular formula is C13H20N4O9S. The summed E-state index contributed by atoms with van der Waals surface area (Å²) in [6.07, 6.45) is -1.87. The Bertz CT molecular complexity index is 613. The van der Waals surface area contributed by atoms with Gasteiger partial charge in [0.2, 0.25) is 17.7 Å². The quantitative estimate of drug-likeness (QED) is 0.148. The van der Waals surface area contributed by atoms with E-state index in [0.29, 0.717) is 0 Å². The van der Waals surface area contributed by atoms with E-state index in [9.17, 15) is 28.8 Å². The SMILES string of the molecule is NCC(=O)NC(CS)C(=O)NC(CC(=O)O)C(=O)NC(CC(=O)O)C(=O)O. The molecule has 0 aliphatic rings. The fraction of sp³-hybridized carbons (Fsp3) is 0.538. The summed E-state index contributed by atoms with van der Waals surface area (Å²) < 4.78 is 0. The van der Waals surface area contributed by atoms with Gasteiger partial charge in [-0.25, -0.2) is 4.79 Å². The highest BCUT2D eigenvalue weighted by atomic mass is 32.1. The normalized spacial score (nSPS) is 13.6. The first-order chi connectivity index (χ1) is 12.5. The number of aliphatic carboxylic acids is 3. The van der Waals surface area contributed by atoms with Gasteiger partial charge in [-0.15, -0.1) is 0 Å². The van der Waals surface area contributed by atoms with Crippen LogP contribution in [0, 0.1) is 0 Å². The second kappa shape index (κ2) is 11.7. The summed E-state index contributed by atoms with van der Waals surface area (Å²) in [5.74, 6) is -7.74. The van der Waals surface area contributed by atoms with Crippen molar-refractivity contribution in [2.24, 2.45) is 5.73 Å². The third-order valence-corrected chi connectivity index (χ3v) is 3.39. The van der Waals surface area contributed by atoms with E-state index >= 15 is 0 Å². The molecule has 3 atom stereocenters. The fourth-order valence-corrected chi connectivity index (χ4v) is 2.01. The number of carboxylic acid groups (broad SMARTS) is 3. The number of hydrogen-bond donors (Lipinski definition) is 8. The van der Waals surface area contributed by atoms with Crippen molar-refractivity contribution in [3.8, 4) is 0 Å². The third kappa shape index (κ3) is 9.41. The predicted octanol–water partition coefficient (Wildman–Crippen LogP) is -3.64. The van der Waals surface area contributed by atoms with Gasteiger partial charge in [-0.3, -0.25) is 24.0 Å². The minimum absolute atomic E-state index is 0.199. The summed E-state index contributed by atoms with van der Waals surface area (Å²) in [7, 11) is 0. The van der Waals surface area contributed by atoms with Gasteiger partial charge in [-0.1, -0.05) is 0 Å². The first-order valence-electron chi connectivity index (χ1n) is 7.39. The largest absolute Gasteiger partial charge is 0.481 e. The maximum absolute atomic E-state index is 12.1. The molecule has 3 unspecified atom stereocenters. The lowest BCUT2D eigenvalue weighted by Gasteiger charge is -2.22. The maximum atomic E-state index is 12.1. The monoisotopic (exact) mass is 408 g/mol. The lowest BCUT2D eigenvalue weighted by atomic mass is 10.1. The van der Waals surface area contributed by atoms with Crippen LogP contribution in [0.2, 0.25) is 0 Å². The van der Waals surface area contributed by atoms with Crippen molar-refractivity contribution in [3.05, 3.63) is 0 Å². The Kier molecular flexibility index (Phi) is 10.4. The zero-order valence-corrected chi connectivity index (χ0v) is 14.8. The van der Waals surface area contributed by atoms with E-state index in [-0.39, 0.29) is 5.75 Å². The Labute approximate surface area is 158 Å². The van der Waals surface area contributed by atoms with E-state index in [0.717, 1.165) is 0 Å². The van der Waals surface area contributed by atoms with E-state index in [1.54, 1.807) is 0 Å². The molecular weight excluding hydrogens is 388 g/mol. The molecule has 13 nitrogen and oxygen atoms in total. The molecule has 14 heteroatoms. The molecule has 0 aromatic carbocycles. The predicted molar refractivity (Wildman–Crippen MR) is 90.8 cm³/mol. The molecule has 3 amide bonds. The van der Waals surface area contributed by atoms with Crippen LogP contribution < -0.4 is 21.7 Å². The summed E-state index contributed by atoms with van der Waals surface area (Å²) in [4.78, 5) is 68.1. The molecule has 0 aliphatic heterocycles. The van der Waals surface area contributed by atoms with Gasteiger partial charge in [0.15, 0.2) is 0 Å². The van der Waals surface area contributed by atoms with Crippen LogP contribution >= 0.6 is 12.6 Å². The van der Waals surface area contributed by atoms with Crippen molar-refractivity contribution in [2.75, 3.05) is 12.3 Å². The Hall–Kier alpha value is -2.87. The number of carboxylic acids is 3. The maximum Gasteiger partial charge on any atom is 0.326 e. The van der Waals surface area contributed by atoms with E-state index in [4.69, 9.17) is 21.1 Å². The summed E-state index contributed by atoms with van der Waals surface area (Å²) in [5.41, 5.74) is 5.10. The molecule has 0 aliphatic carbocycles. The first-order valence-corrected chi connectivity index (χ1v) is 8.02. The molecule has 0 aromatic rings. The van der Waals surface area contributed by atoms with Crippen molar-refractivity contribution in [2.45, 2.75) is 31.0 Å². The smallest absolute Gasteiger partial charge is 0.326 e. The Morgan fingerprint density at radius 3 is 1.63 bits per heavy atom. The molecule has 0 saturated carbocycles. The molecule has 0 rings (SSSR count). The van der Waals surface area contributed by atoms with Gasteiger partial charge in [-0.05, 0) is 0 Å². The molecule has 0 aromatic heterocycles. The van der Waals surface area contributed by atoms with Crippen LogP contribution in [0.4, 0.5) is 0 Å². The van der Waals surface area contributed by atoms with E-state index in [2.05, 4.69) is 17.9 Å². The van der Waals surface area contributed by atoms with Crippen LogP contribution in [0.3, 0.4) is 0 Å². The lowest BCUT2D eigenvalue weighted by molar-refractivity contribution is -0.148.